The molecule has 0 radical (unpaired) electrons. The van der Waals surface area contributed by atoms with Gasteiger partial charge in [-0.15, -0.1) is 0 Å². The standard InChI is InChI=1S/C14H10F3NO2/c1-8-4-5-18-7-11(8)9-2-3-12(14(15,16)17)10(6-9)13(19)20/h2-7H,1H3,(H,19,20). The largest absolute Gasteiger partial charge is 0.478 e. The number of pyridine rings is 1. The molecule has 0 aliphatic rings. The lowest BCUT2D eigenvalue weighted by Crippen LogP contribution is -2.13. The molecule has 104 valence electrons. The Morgan fingerprint density at radius 2 is 1.95 bits per heavy atom. The number of carbonyl (C=O) groups is 1. The molecule has 0 saturated heterocycles. The second-order valence-corrected chi connectivity index (χ2v) is 4.25. The number of alkyl halides is 3. The molecule has 2 aromatic rings. The average Bonchev–Trinajstić information content (AvgIpc) is 2.37. The fourth-order valence-electron chi connectivity index (χ4n) is 1.90. The number of halogens is 3. The Morgan fingerprint density at radius 3 is 2.50 bits per heavy atom. The predicted molar refractivity (Wildman–Crippen MR) is 66.4 cm³/mol. The summed E-state index contributed by atoms with van der Waals surface area (Å²) in [6, 6.07) is 4.76. The fraction of sp³-hybridized carbons (Fsp3) is 0.143. The quantitative estimate of drug-likeness (QED) is 0.911. The summed E-state index contributed by atoms with van der Waals surface area (Å²) in [6.45, 7) is 1.77. The van der Waals surface area contributed by atoms with Gasteiger partial charge in [0.2, 0.25) is 0 Å². The van der Waals surface area contributed by atoms with E-state index in [1.165, 1.54) is 12.3 Å². The Labute approximate surface area is 112 Å². The Balaban J connectivity index is 2.63. The molecule has 3 nitrogen and oxygen atoms in total. The molecule has 0 atom stereocenters. The Bertz CT molecular complexity index is 666. The van der Waals surface area contributed by atoms with Gasteiger partial charge in [0.05, 0.1) is 11.1 Å². The number of aromatic nitrogens is 1. The SMILES string of the molecule is Cc1ccncc1-c1ccc(C(F)(F)F)c(C(=O)O)c1. The molecule has 0 saturated carbocycles. The summed E-state index contributed by atoms with van der Waals surface area (Å²) in [7, 11) is 0. The van der Waals surface area contributed by atoms with Gasteiger partial charge in [-0.1, -0.05) is 6.07 Å². The predicted octanol–water partition coefficient (Wildman–Crippen LogP) is 3.77. The van der Waals surface area contributed by atoms with Crippen LogP contribution in [-0.2, 0) is 6.18 Å². The van der Waals surface area contributed by atoms with Crippen molar-refractivity contribution in [1.82, 2.24) is 4.98 Å². The number of carboxylic acids is 1. The minimum Gasteiger partial charge on any atom is -0.478 e. The third kappa shape index (κ3) is 2.64. The zero-order valence-corrected chi connectivity index (χ0v) is 10.4. The molecule has 0 unspecified atom stereocenters. The zero-order chi connectivity index (χ0) is 14.9. The maximum Gasteiger partial charge on any atom is 0.417 e. The van der Waals surface area contributed by atoms with Crippen LogP contribution in [0.1, 0.15) is 21.5 Å². The normalized spacial score (nSPS) is 11.4. The minimum atomic E-state index is -4.70. The van der Waals surface area contributed by atoms with Gasteiger partial charge in [0.1, 0.15) is 0 Å². The van der Waals surface area contributed by atoms with Gasteiger partial charge in [-0.05, 0) is 36.2 Å². The van der Waals surface area contributed by atoms with E-state index in [4.69, 9.17) is 5.11 Å². The summed E-state index contributed by atoms with van der Waals surface area (Å²) < 4.78 is 38.2. The lowest BCUT2D eigenvalue weighted by Gasteiger charge is -2.12. The molecule has 1 aromatic carbocycles. The van der Waals surface area contributed by atoms with Crippen LogP contribution in [0.4, 0.5) is 13.2 Å². The third-order valence-corrected chi connectivity index (χ3v) is 2.91. The van der Waals surface area contributed by atoms with E-state index in [9.17, 15) is 18.0 Å². The van der Waals surface area contributed by atoms with Gasteiger partial charge >= 0.3 is 12.1 Å². The number of hydrogen-bond donors (Lipinski definition) is 1. The van der Waals surface area contributed by atoms with Crippen molar-refractivity contribution in [3.05, 3.63) is 53.3 Å². The van der Waals surface area contributed by atoms with E-state index in [1.54, 1.807) is 19.2 Å². The number of nitrogens with zero attached hydrogens (tertiary/aromatic N) is 1. The molecular formula is C14H10F3NO2. The number of rotatable bonds is 2. The molecule has 0 bridgehead atoms. The first-order valence-electron chi connectivity index (χ1n) is 5.66. The van der Waals surface area contributed by atoms with E-state index < -0.39 is 23.3 Å². The maximum absolute atomic E-state index is 12.7. The van der Waals surface area contributed by atoms with Crippen molar-refractivity contribution >= 4 is 5.97 Å². The first-order chi connectivity index (χ1) is 9.30. The van der Waals surface area contributed by atoms with Crippen molar-refractivity contribution < 1.29 is 23.1 Å². The Hall–Kier alpha value is -2.37. The number of hydrogen-bond acceptors (Lipinski definition) is 2. The van der Waals surface area contributed by atoms with Crippen LogP contribution >= 0.6 is 0 Å². The highest BCUT2D eigenvalue weighted by Crippen LogP contribution is 2.34. The first-order valence-corrected chi connectivity index (χ1v) is 5.66. The molecule has 0 aliphatic heterocycles. The average molecular weight is 281 g/mol. The van der Waals surface area contributed by atoms with Crippen LogP contribution in [0.5, 0.6) is 0 Å². The van der Waals surface area contributed by atoms with Crippen LogP contribution < -0.4 is 0 Å². The van der Waals surface area contributed by atoms with E-state index in [0.717, 1.165) is 17.7 Å². The number of aryl methyl sites for hydroxylation is 1. The minimum absolute atomic E-state index is 0.390. The van der Waals surface area contributed by atoms with Crippen molar-refractivity contribution in [2.24, 2.45) is 0 Å². The van der Waals surface area contributed by atoms with Gasteiger partial charge in [0.25, 0.3) is 0 Å². The summed E-state index contributed by atoms with van der Waals surface area (Å²) in [5, 5.41) is 8.95. The van der Waals surface area contributed by atoms with E-state index in [1.807, 2.05) is 0 Å². The van der Waals surface area contributed by atoms with Crippen LogP contribution in [0.25, 0.3) is 11.1 Å². The van der Waals surface area contributed by atoms with Gasteiger partial charge in [0, 0.05) is 18.0 Å². The van der Waals surface area contributed by atoms with Crippen molar-refractivity contribution in [3.63, 3.8) is 0 Å². The first kappa shape index (κ1) is 14.0. The molecule has 0 aliphatic carbocycles. The van der Waals surface area contributed by atoms with Gasteiger partial charge in [-0.25, -0.2) is 4.79 Å². The summed E-state index contributed by atoms with van der Waals surface area (Å²) in [5.41, 5.74) is -0.130. The zero-order valence-electron chi connectivity index (χ0n) is 10.4. The highest BCUT2D eigenvalue weighted by molar-refractivity contribution is 5.91. The van der Waals surface area contributed by atoms with Crippen LogP contribution in [0.2, 0.25) is 0 Å². The number of benzene rings is 1. The summed E-state index contributed by atoms with van der Waals surface area (Å²) in [6.07, 6.45) is -1.65. The second kappa shape index (κ2) is 4.96. The van der Waals surface area contributed by atoms with Crippen LogP contribution in [0, 0.1) is 6.92 Å². The lowest BCUT2D eigenvalue weighted by molar-refractivity contribution is -0.138. The van der Waals surface area contributed by atoms with Crippen LogP contribution in [0.3, 0.4) is 0 Å². The second-order valence-electron chi connectivity index (χ2n) is 4.25. The topological polar surface area (TPSA) is 50.2 Å². The third-order valence-electron chi connectivity index (χ3n) is 2.91. The smallest absolute Gasteiger partial charge is 0.417 e. The summed E-state index contributed by atoms with van der Waals surface area (Å²) >= 11 is 0. The van der Waals surface area contributed by atoms with Gasteiger partial charge in [-0.2, -0.15) is 13.2 Å². The van der Waals surface area contributed by atoms with Crippen molar-refractivity contribution in [2.75, 3.05) is 0 Å². The molecule has 0 spiro atoms. The fourth-order valence-corrected chi connectivity index (χ4v) is 1.90. The van der Waals surface area contributed by atoms with Crippen molar-refractivity contribution in [3.8, 4) is 11.1 Å². The Kier molecular flexibility index (Phi) is 3.48. The van der Waals surface area contributed by atoms with Crippen molar-refractivity contribution in [1.29, 1.82) is 0 Å². The molecule has 1 heterocycles. The van der Waals surface area contributed by atoms with E-state index in [-0.39, 0.29) is 0 Å². The van der Waals surface area contributed by atoms with E-state index in [2.05, 4.69) is 4.98 Å². The van der Waals surface area contributed by atoms with Crippen molar-refractivity contribution in [2.45, 2.75) is 13.1 Å². The number of carboxylic acid groups (broad SMARTS) is 1. The van der Waals surface area contributed by atoms with Crippen LogP contribution in [-0.4, -0.2) is 16.1 Å². The molecule has 0 amide bonds. The highest BCUT2D eigenvalue weighted by atomic mass is 19.4. The van der Waals surface area contributed by atoms with E-state index >= 15 is 0 Å². The lowest BCUT2D eigenvalue weighted by atomic mass is 9.97. The summed E-state index contributed by atoms with van der Waals surface area (Å²) in [4.78, 5) is 14.9. The van der Waals surface area contributed by atoms with Gasteiger partial charge < -0.3 is 5.11 Å². The molecule has 2 rings (SSSR count). The van der Waals surface area contributed by atoms with Gasteiger partial charge in [-0.3, -0.25) is 4.98 Å². The number of aromatic carboxylic acids is 1. The molecule has 0 fully saturated rings. The Morgan fingerprint density at radius 1 is 1.25 bits per heavy atom. The van der Waals surface area contributed by atoms with Crippen LogP contribution in [0.15, 0.2) is 36.7 Å². The summed E-state index contributed by atoms with van der Waals surface area (Å²) in [5.74, 6) is -1.61. The van der Waals surface area contributed by atoms with Gasteiger partial charge in [0.15, 0.2) is 0 Å². The monoisotopic (exact) mass is 281 g/mol. The maximum atomic E-state index is 12.7. The highest BCUT2D eigenvalue weighted by Gasteiger charge is 2.35. The molecular weight excluding hydrogens is 271 g/mol. The molecule has 6 heteroatoms. The van der Waals surface area contributed by atoms with E-state index in [0.29, 0.717) is 11.1 Å². The molecule has 1 aromatic heterocycles. The molecule has 1 N–H and O–H groups in total. The molecule has 20 heavy (non-hydrogen) atoms.